The molecule has 2 heterocycles. The summed E-state index contributed by atoms with van der Waals surface area (Å²) in [5.41, 5.74) is -1.13. The zero-order chi connectivity index (χ0) is 17.6. The van der Waals surface area contributed by atoms with E-state index in [0.717, 1.165) is 12.8 Å². The van der Waals surface area contributed by atoms with E-state index in [1.807, 2.05) is 20.8 Å². The van der Waals surface area contributed by atoms with Gasteiger partial charge in [0.15, 0.2) is 0 Å². The van der Waals surface area contributed by atoms with Crippen molar-refractivity contribution in [3.8, 4) is 0 Å². The number of nitrogens with zero attached hydrogens (tertiary/aromatic N) is 1. The van der Waals surface area contributed by atoms with Gasteiger partial charge in [-0.2, -0.15) is 0 Å². The van der Waals surface area contributed by atoms with E-state index in [1.165, 1.54) is 0 Å². The van der Waals surface area contributed by atoms with Gasteiger partial charge in [0, 0.05) is 31.5 Å². The molecule has 3 rings (SSSR count). The van der Waals surface area contributed by atoms with Crippen LogP contribution in [0.1, 0.15) is 46.5 Å². The molecule has 0 aromatic rings. The van der Waals surface area contributed by atoms with E-state index >= 15 is 0 Å². The lowest BCUT2D eigenvalue weighted by Gasteiger charge is -2.49. The summed E-state index contributed by atoms with van der Waals surface area (Å²) in [6.45, 7) is 7.73. The molecule has 3 aliphatic rings. The molecule has 3 fully saturated rings. The molecule has 2 aliphatic heterocycles. The molecule has 138 valence electrons. The maximum absolute atomic E-state index is 13.3. The number of morpholine rings is 1. The highest BCUT2D eigenvalue weighted by Gasteiger charge is 2.59. The van der Waals surface area contributed by atoms with Crippen LogP contribution in [0.3, 0.4) is 0 Å². The first kappa shape index (κ1) is 17.9. The fourth-order valence-electron chi connectivity index (χ4n) is 3.82. The lowest BCUT2D eigenvalue weighted by Crippen LogP contribution is -2.65. The number of ether oxygens (including phenoxy) is 2. The van der Waals surface area contributed by atoms with Crippen molar-refractivity contribution in [3.63, 3.8) is 0 Å². The molecular formula is C17H28F2N2O3. The van der Waals surface area contributed by atoms with Crippen molar-refractivity contribution in [2.75, 3.05) is 26.2 Å². The molecule has 1 N–H and O–H groups in total. The predicted molar refractivity (Wildman–Crippen MR) is 85.2 cm³/mol. The SMILES string of the molecule is CC(C)(C)OC(=O)N1CCCC2(C1)OCCNC2CC1CC1(F)F. The lowest BCUT2D eigenvalue weighted by molar-refractivity contribution is -0.134. The second-order valence-electron chi connectivity index (χ2n) is 8.32. The number of nitrogens with one attached hydrogen (secondary N) is 1. The summed E-state index contributed by atoms with van der Waals surface area (Å²) < 4.78 is 38.2. The molecule has 0 radical (unpaired) electrons. The van der Waals surface area contributed by atoms with Gasteiger partial charge in [0.05, 0.1) is 13.2 Å². The number of likely N-dealkylation sites (tertiary alicyclic amines) is 1. The maximum Gasteiger partial charge on any atom is 0.410 e. The summed E-state index contributed by atoms with van der Waals surface area (Å²) in [6.07, 6.45) is 1.58. The Labute approximate surface area is 142 Å². The topological polar surface area (TPSA) is 50.8 Å². The van der Waals surface area contributed by atoms with Crippen molar-refractivity contribution < 1.29 is 23.0 Å². The molecule has 7 heteroatoms. The smallest absolute Gasteiger partial charge is 0.410 e. The van der Waals surface area contributed by atoms with E-state index in [0.29, 0.717) is 32.7 Å². The van der Waals surface area contributed by atoms with Gasteiger partial charge in [-0.05, 0) is 40.0 Å². The average molecular weight is 346 g/mol. The van der Waals surface area contributed by atoms with Crippen LogP contribution in [0.4, 0.5) is 13.6 Å². The number of piperidine rings is 1. The van der Waals surface area contributed by atoms with Crippen LogP contribution >= 0.6 is 0 Å². The number of hydrogen-bond donors (Lipinski definition) is 1. The van der Waals surface area contributed by atoms with Crippen molar-refractivity contribution in [1.29, 1.82) is 0 Å². The second-order valence-corrected chi connectivity index (χ2v) is 8.32. The van der Waals surface area contributed by atoms with Crippen LogP contribution in [0.15, 0.2) is 0 Å². The van der Waals surface area contributed by atoms with Crippen LogP contribution < -0.4 is 5.32 Å². The molecule has 1 amide bonds. The molecule has 5 nitrogen and oxygen atoms in total. The summed E-state index contributed by atoms with van der Waals surface area (Å²) in [6, 6.07) is -0.144. The largest absolute Gasteiger partial charge is 0.444 e. The minimum absolute atomic E-state index is 0.0307. The Hall–Kier alpha value is -0.950. The van der Waals surface area contributed by atoms with E-state index in [-0.39, 0.29) is 18.6 Å². The van der Waals surface area contributed by atoms with Gasteiger partial charge in [-0.15, -0.1) is 0 Å². The molecule has 1 spiro atoms. The molecule has 0 aromatic heterocycles. The molecule has 3 unspecified atom stereocenters. The van der Waals surface area contributed by atoms with Gasteiger partial charge >= 0.3 is 6.09 Å². The van der Waals surface area contributed by atoms with Gasteiger partial charge in [0.2, 0.25) is 0 Å². The van der Waals surface area contributed by atoms with Gasteiger partial charge in [0.25, 0.3) is 5.92 Å². The van der Waals surface area contributed by atoms with Crippen LogP contribution in [-0.4, -0.2) is 60.4 Å². The second kappa shape index (κ2) is 6.09. The molecule has 2 saturated heterocycles. The first-order valence-corrected chi connectivity index (χ1v) is 8.84. The summed E-state index contributed by atoms with van der Waals surface area (Å²) in [5, 5.41) is 3.36. The van der Waals surface area contributed by atoms with E-state index in [1.54, 1.807) is 4.90 Å². The Morgan fingerprint density at radius 2 is 2.12 bits per heavy atom. The van der Waals surface area contributed by atoms with Crippen molar-refractivity contribution in [1.82, 2.24) is 10.2 Å². The van der Waals surface area contributed by atoms with Gasteiger partial charge in [-0.25, -0.2) is 13.6 Å². The zero-order valence-corrected chi connectivity index (χ0v) is 14.7. The number of amides is 1. The van der Waals surface area contributed by atoms with Crippen LogP contribution in [0.25, 0.3) is 0 Å². The molecule has 1 saturated carbocycles. The Morgan fingerprint density at radius 3 is 2.75 bits per heavy atom. The Bertz CT molecular complexity index is 491. The minimum Gasteiger partial charge on any atom is -0.444 e. The van der Waals surface area contributed by atoms with E-state index in [2.05, 4.69) is 5.32 Å². The highest BCUT2D eigenvalue weighted by atomic mass is 19.3. The fourth-order valence-corrected chi connectivity index (χ4v) is 3.82. The van der Waals surface area contributed by atoms with E-state index in [9.17, 15) is 13.6 Å². The van der Waals surface area contributed by atoms with Gasteiger partial charge in [0.1, 0.15) is 11.2 Å². The zero-order valence-electron chi connectivity index (χ0n) is 14.7. The third-order valence-corrected chi connectivity index (χ3v) is 5.13. The average Bonchev–Trinajstić information content (AvgIpc) is 3.07. The third-order valence-electron chi connectivity index (χ3n) is 5.13. The van der Waals surface area contributed by atoms with Crippen LogP contribution in [0.2, 0.25) is 0 Å². The quantitative estimate of drug-likeness (QED) is 0.835. The Kier molecular flexibility index (Phi) is 4.53. The summed E-state index contributed by atoms with van der Waals surface area (Å²) in [5.74, 6) is -3.09. The normalized spacial score (nSPS) is 35.8. The van der Waals surface area contributed by atoms with Gasteiger partial charge in [-0.3, -0.25) is 0 Å². The lowest BCUT2D eigenvalue weighted by atomic mass is 9.81. The highest BCUT2D eigenvalue weighted by molar-refractivity contribution is 5.68. The number of carbonyl (C=O) groups excluding carboxylic acids is 1. The first-order valence-electron chi connectivity index (χ1n) is 8.84. The number of halogens is 2. The molecule has 24 heavy (non-hydrogen) atoms. The maximum atomic E-state index is 13.3. The van der Waals surface area contributed by atoms with Crippen molar-refractivity contribution in [3.05, 3.63) is 0 Å². The summed E-state index contributed by atoms with van der Waals surface area (Å²) >= 11 is 0. The van der Waals surface area contributed by atoms with Crippen LogP contribution in [-0.2, 0) is 9.47 Å². The van der Waals surface area contributed by atoms with Crippen LogP contribution in [0, 0.1) is 5.92 Å². The molecular weight excluding hydrogens is 318 g/mol. The summed E-state index contributed by atoms with van der Waals surface area (Å²) in [4.78, 5) is 14.1. The standard InChI is InChI=1S/C17H28F2N2O3/c1-15(2,3)24-14(22)21-7-4-5-16(11-21)13(20-6-8-23-16)9-12-10-17(12,18)19/h12-13,20H,4-11H2,1-3H3. The molecule has 3 atom stereocenters. The Morgan fingerprint density at radius 1 is 1.42 bits per heavy atom. The predicted octanol–water partition coefficient (Wildman–Crippen LogP) is 2.79. The molecule has 1 aliphatic carbocycles. The first-order chi connectivity index (χ1) is 11.1. The van der Waals surface area contributed by atoms with Crippen molar-refractivity contribution in [2.45, 2.75) is 69.6 Å². The third kappa shape index (κ3) is 3.82. The van der Waals surface area contributed by atoms with E-state index < -0.39 is 23.0 Å². The van der Waals surface area contributed by atoms with Gasteiger partial charge in [-0.1, -0.05) is 0 Å². The highest BCUT2D eigenvalue weighted by Crippen LogP contribution is 2.52. The van der Waals surface area contributed by atoms with Crippen molar-refractivity contribution in [2.24, 2.45) is 5.92 Å². The fraction of sp³-hybridized carbons (Fsp3) is 0.941. The van der Waals surface area contributed by atoms with Gasteiger partial charge < -0.3 is 19.7 Å². The van der Waals surface area contributed by atoms with Crippen LogP contribution in [0.5, 0.6) is 0 Å². The Balaban J connectivity index is 1.68. The molecule has 0 bridgehead atoms. The number of hydrogen-bond acceptors (Lipinski definition) is 4. The number of alkyl halides is 2. The molecule has 0 aromatic carbocycles. The van der Waals surface area contributed by atoms with Crippen molar-refractivity contribution >= 4 is 6.09 Å². The number of rotatable bonds is 2. The number of carbonyl (C=O) groups is 1. The summed E-state index contributed by atoms with van der Waals surface area (Å²) in [7, 11) is 0. The van der Waals surface area contributed by atoms with E-state index in [4.69, 9.17) is 9.47 Å². The monoisotopic (exact) mass is 346 g/mol. The minimum atomic E-state index is -2.53.